The number of carbonyl (C=O) groups is 1. The zero-order chi connectivity index (χ0) is 20.5. The molecule has 3 rings (SSSR count). The summed E-state index contributed by atoms with van der Waals surface area (Å²) in [5, 5.41) is 2.61. The third kappa shape index (κ3) is 3.83. The van der Waals surface area contributed by atoms with E-state index in [1.807, 2.05) is 0 Å². The first-order valence-electron chi connectivity index (χ1n) is 8.42. The van der Waals surface area contributed by atoms with Crippen molar-refractivity contribution in [3.05, 3.63) is 79.9 Å². The molecule has 0 aliphatic rings. The molecule has 28 heavy (non-hydrogen) atoms. The van der Waals surface area contributed by atoms with E-state index in [1.54, 1.807) is 13.0 Å². The van der Waals surface area contributed by atoms with Crippen LogP contribution in [-0.2, 0) is 19.3 Å². The molecular weight excluding hydrogens is 375 g/mol. The Hall–Kier alpha value is -3.36. The van der Waals surface area contributed by atoms with E-state index in [0.717, 1.165) is 12.1 Å². The van der Waals surface area contributed by atoms with Crippen LogP contribution in [0.1, 0.15) is 28.4 Å². The van der Waals surface area contributed by atoms with E-state index < -0.39 is 28.8 Å². The van der Waals surface area contributed by atoms with Crippen LogP contribution >= 0.6 is 0 Å². The van der Waals surface area contributed by atoms with Crippen molar-refractivity contribution < 1.29 is 18.0 Å². The van der Waals surface area contributed by atoms with Gasteiger partial charge in [0, 0.05) is 18.7 Å². The fourth-order valence-electron chi connectivity index (χ4n) is 2.83. The maximum Gasteiger partial charge on any atom is 0.416 e. The zero-order valence-corrected chi connectivity index (χ0v) is 14.8. The molecular formula is C19H16F3N3O3. The Balaban J connectivity index is 1.79. The molecule has 9 heteroatoms. The van der Waals surface area contributed by atoms with Crippen molar-refractivity contribution >= 4 is 16.9 Å². The van der Waals surface area contributed by atoms with Gasteiger partial charge in [-0.05, 0) is 42.8 Å². The van der Waals surface area contributed by atoms with E-state index in [9.17, 15) is 27.6 Å². The van der Waals surface area contributed by atoms with Gasteiger partial charge < -0.3 is 14.9 Å². The van der Waals surface area contributed by atoms with Gasteiger partial charge in [0.1, 0.15) is 0 Å². The summed E-state index contributed by atoms with van der Waals surface area (Å²) in [5.41, 5.74) is -0.624. The summed E-state index contributed by atoms with van der Waals surface area (Å²) in [6, 6.07) is 9.00. The normalized spacial score (nSPS) is 11.6. The molecule has 0 fully saturated rings. The lowest BCUT2D eigenvalue weighted by molar-refractivity contribution is -0.137. The lowest BCUT2D eigenvalue weighted by Gasteiger charge is -2.10. The molecule has 0 saturated carbocycles. The number of amides is 1. The van der Waals surface area contributed by atoms with Gasteiger partial charge in [0.2, 0.25) is 0 Å². The van der Waals surface area contributed by atoms with Crippen LogP contribution in [0.2, 0.25) is 0 Å². The number of aromatic amines is 1. The molecule has 146 valence electrons. The summed E-state index contributed by atoms with van der Waals surface area (Å²) < 4.78 is 39.0. The number of aryl methyl sites for hydroxylation is 1. The second-order valence-electron chi connectivity index (χ2n) is 6.11. The van der Waals surface area contributed by atoms with Crippen LogP contribution in [0.4, 0.5) is 13.2 Å². The summed E-state index contributed by atoms with van der Waals surface area (Å²) in [5.74, 6) is -0.461. The number of rotatable bonds is 4. The molecule has 2 aromatic carbocycles. The number of carbonyl (C=O) groups excluding carboxylic acids is 1. The number of alkyl halides is 3. The molecule has 0 saturated heterocycles. The van der Waals surface area contributed by atoms with E-state index in [2.05, 4.69) is 10.3 Å². The largest absolute Gasteiger partial charge is 0.416 e. The number of halogens is 3. The van der Waals surface area contributed by atoms with E-state index in [4.69, 9.17) is 0 Å². The molecule has 6 nitrogen and oxygen atoms in total. The second-order valence-corrected chi connectivity index (χ2v) is 6.11. The average molecular weight is 391 g/mol. The van der Waals surface area contributed by atoms with Crippen molar-refractivity contribution in [1.29, 1.82) is 0 Å². The molecule has 0 bridgehead atoms. The first-order chi connectivity index (χ1) is 13.2. The van der Waals surface area contributed by atoms with Gasteiger partial charge in [-0.2, -0.15) is 13.2 Å². The van der Waals surface area contributed by atoms with Crippen molar-refractivity contribution in [2.75, 3.05) is 0 Å². The highest BCUT2D eigenvalue weighted by molar-refractivity contribution is 5.97. The molecule has 0 atom stereocenters. The average Bonchev–Trinajstić information content (AvgIpc) is 2.66. The quantitative estimate of drug-likeness (QED) is 0.671. The third-order valence-corrected chi connectivity index (χ3v) is 4.29. The van der Waals surface area contributed by atoms with Crippen molar-refractivity contribution in [2.45, 2.75) is 26.2 Å². The number of H-pyrrole nitrogens is 1. The summed E-state index contributed by atoms with van der Waals surface area (Å²) in [4.78, 5) is 38.4. The maximum atomic E-state index is 12.6. The number of nitrogens with zero attached hydrogens (tertiary/aromatic N) is 1. The predicted molar refractivity (Wildman–Crippen MR) is 97.1 cm³/mol. The molecule has 1 amide bonds. The van der Waals surface area contributed by atoms with Crippen LogP contribution in [0.5, 0.6) is 0 Å². The van der Waals surface area contributed by atoms with Crippen molar-refractivity contribution in [3.63, 3.8) is 0 Å². The Morgan fingerprint density at radius 2 is 1.79 bits per heavy atom. The Morgan fingerprint density at radius 1 is 1.11 bits per heavy atom. The van der Waals surface area contributed by atoms with Gasteiger partial charge in [0.05, 0.1) is 16.6 Å². The van der Waals surface area contributed by atoms with Gasteiger partial charge in [0.15, 0.2) is 0 Å². The molecule has 0 unspecified atom stereocenters. The summed E-state index contributed by atoms with van der Waals surface area (Å²) in [7, 11) is 0. The number of hydrogen-bond donors (Lipinski definition) is 2. The molecule has 2 N–H and O–H groups in total. The highest BCUT2D eigenvalue weighted by Gasteiger charge is 2.29. The Bertz CT molecular complexity index is 1150. The number of aromatic nitrogens is 2. The topological polar surface area (TPSA) is 84.0 Å². The summed E-state index contributed by atoms with van der Waals surface area (Å²) in [6.07, 6.45) is -4.41. The van der Waals surface area contributed by atoms with Crippen LogP contribution in [0.3, 0.4) is 0 Å². The van der Waals surface area contributed by atoms with E-state index >= 15 is 0 Å². The van der Waals surface area contributed by atoms with E-state index in [0.29, 0.717) is 23.1 Å². The molecule has 0 radical (unpaired) electrons. The highest BCUT2D eigenvalue weighted by Crippen LogP contribution is 2.29. The Labute approximate surface area is 156 Å². The molecule has 3 aromatic rings. The van der Waals surface area contributed by atoms with E-state index in [1.165, 1.54) is 28.8 Å². The van der Waals surface area contributed by atoms with Crippen LogP contribution in [0.25, 0.3) is 11.0 Å². The van der Waals surface area contributed by atoms with Gasteiger partial charge in [-0.1, -0.05) is 12.1 Å². The van der Waals surface area contributed by atoms with Crippen molar-refractivity contribution in [1.82, 2.24) is 14.9 Å². The summed E-state index contributed by atoms with van der Waals surface area (Å²) >= 11 is 0. The lowest BCUT2D eigenvalue weighted by Crippen LogP contribution is -2.36. The predicted octanol–water partition coefficient (Wildman–Crippen LogP) is 2.66. The first kappa shape index (κ1) is 19.4. The fourth-order valence-corrected chi connectivity index (χ4v) is 2.83. The minimum Gasteiger partial charge on any atom is -0.348 e. The van der Waals surface area contributed by atoms with Gasteiger partial charge in [-0.15, -0.1) is 0 Å². The number of hydrogen-bond acceptors (Lipinski definition) is 3. The first-order valence-corrected chi connectivity index (χ1v) is 8.42. The minimum absolute atomic E-state index is 0.0417. The number of benzene rings is 2. The van der Waals surface area contributed by atoms with Gasteiger partial charge >= 0.3 is 17.3 Å². The molecule has 0 spiro atoms. The van der Waals surface area contributed by atoms with Crippen molar-refractivity contribution in [2.24, 2.45) is 0 Å². The van der Waals surface area contributed by atoms with E-state index in [-0.39, 0.29) is 12.1 Å². The standard InChI is InChI=1S/C19H16F3N3O3/c1-2-25-15-8-5-12(9-14(15)24-17(27)18(25)28)16(26)23-10-11-3-6-13(7-4-11)19(20,21)22/h3-9H,2,10H2,1H3,(H,23,26)(H,24,27). The van der Waals surface area contributed by atoms with Crippen LogP contribution in [0, 0.1) is 0 Å². The van der Waals surface area contributed by atoms with Crippen molar-refractivity contribution in [3.8, 4) is 0 Å². The maximum absolute atomic E-state index is 12.6. The van der Waals surface area contributed by atoms with Gasteiger partial charge in [0.25, 0.3) is 5.91 Å². The van der Waals surface area contributed by atoms with Gasteiger partial charge in [-0.25, -0.2) is 0 Å². The van der Waals surface area contributed by atoms with Crippen LogP contribution in [-0.4, -0.2) is 15.5 Å². The minimum atomic E-state index is -4.41. The molecule has 1 heterocycles. The Kier molecular flexibility index (Phi) is 5.08. The fraction of sp³-hybridized carbons (Fsp3) is 0.211. The van der Waals surface area contributed by atoms with Crippen LogP contribution in [0.15, 0.2) is 52.1 Å². The lowest BCUT2D eigenvalue weighted by atomic mass is 10.1. The zero-order valence-electron chi connectivity index (χ0n) is 14.8. The molecule has 0 aliphatic heterocycles. The number of fused-ring (bicyclic) bond motifs is 1. The smallest absolute Gasteiger partial charge is 0.348 e. The molecule has 0 aliphatic carbocycles. The highest BCUT2D eigenvalue weighted by atomic mass is 19.4. The van der Waals surface area contributed by atoms with Crippen LogP contribution < -0.4 is 16.4 Å². The monoisotopic (exact) mass is 391 g/mol. The summed E-state index contributed by atoms with van der Waals surface area (Å²) in [6.45, 7) is 2.07. The second kappa shape index (κ2) is 7.34. The number of nitrogens with one attached hydrogen (secondary N) is 2. The van der Waals surface area contributed by atoms with Gasteiger partial charge in [-0.3, -0.25) is 14.4 Å². The SMILES string of the molecule is CCn1c(=O)c(=O)[nH]c2cc(C(=O)NCc3ccc(C(F)(F)F)cc3)ccc21. The third-order valence-electron chi connectivity index (χ3n) is 4.29. The molecule has 1 aromatic heterocycles. The Morgan fingerprint density at radius 3 is 2.39 bits per heavy atom.